The monoisotopic (exact) mass is 249 g/mol. The lowest BCUT2D eigenvalue weighted by Gasteiger charge is -2.23. The Kier molecular flexibility index (Phi) is 3.32. The van der Waals surface area contributed by atoms with Crippen LogP contribution in [0.1, 0.15) is 26.1 Å². The van der Waals surface area contributed by atoms with Crippen molar-refractivity contribution < 1.29 is 8.42 Å². The molecule has 0 aliphatic carbocycles. The topological polar surface area (TPSA) is 85.9 Å². The largest absolute Gasteiger partial charge is 0.238 e. The number of hydrogen-bond donors (Lipinski definition) is 1. The Balaban J connectivity index is 3.30. The fraction of sp³-hybridized carbons (Fsp3) is 0.500. The van der Waals surface area contributed by atoms with Gasteiger partial charge < -0.3 is 0 Å². The van der Waals surface area contributed by atoms with E-state index in [1.54, 1.807) is 6.92 Å². The molecule has 0 spiro atoms. The zero-order valence-corrected chi connectivity index (χ0v) is 10.0. The number of halogens is 1. The Bertz CT molecular complexity index is 445. The van der Waals surface area contributed by atoms with Gasteiger partial charge in [-0.2, -0.15) is 0 Å². The summed E-state index contributed by atoms with van der Waals surface area (Å²) in [4.78, 5) is 7.77. The Hall–Kier alpha value is -0.720. The first-order valence-corrected chi connectivity index (χ1v) is 6.24. The standard InChI is InChI=1S/C8H12ClN3O2S/c1-3-8(2,15(10,13)14)7-11-4-6(9)5-12-7/h4-5H,3H2,1-2H3,(H2,10,13,14)/t8-/m1/s1. The molecule has 0 aliphatic heterocycles. The third-order valence-corrected chi connectivity index (χ3v) is 4.32. The highest BCUT2D eigenvalue weighted by atomic mass is 35.5. The van der Waals surface area contributed by atoms with Crippen molar-refractivity contribution in [2.24, 2.45) is 5.14 Å². The van der Waals surface area contributed by atoms with Crippen LogP contribution in [0.5, 0.6) is 0 Å². The maximum atomic E-state index is 11.4. The highest BCUT2D eigenvalue weighted by Gasteiger charge is 2.39. The molecule has 0 aliphatic rings. The molecule has 7 heteroatoms. The third kappa shape index (κ3) is 2.27. The van der Waals surface area contributed by atoms with E-state index in [-0.39, 0.29) is 5.82 Å². The maximum Gasteiger partial charge on any atom is 0.221 e. The molecule has 1 heterocycles. The van der Waals surface area contributed by atoms with Gasteiger partial charge in [0.15, 0.2) is 5.82 Å². The van der Waals surface area contributed by atoms with Crippen molar-refractivity contribution in [3.63, 3.8) is 0 Å². The second-order valence-electron chi connectivity index (χ2n) is 3.35. The molecule has 5 nitrogen and oxygen atoms in total. The van der Waals surface area contributed by atoms with Crippen LogP contribution in [0.3, 0.4) is 0 Å². The molecule has 84 valence electrons. The predicted octanol–water partition coefficient (Wildman–Crippen LogP) is 1.04. The number of nitrogens with two attached hydrogens (primary N) is 1. The summed E-state index contributed by atoms with van der Waals surface area (Å²) in [6.07, 6.45) is 3.00. The fourth-order valence-corrected chi connectivity index (χ4v) is 1.93. The van der Waals surface area contributed by atoms with Crippen LogP contribution in [-0.4, -0.2) is 18.4 Å². The van der Waals surface area contributed by atoms with Crippen molar-refractivity contribution in [1.29, 1.82) is 0 Å². The van der Waals surface area contributed by atoms with E-state index in [4.69, 9.17) is 16.7 Å². The molecule has 0 amide bonds. The van der Waals surface area contributed by atoms with Crippen molar-refractivity contribution >= 4 is 21.6 Å². The van der Waals surface area contributed by atoms with Crippen LogP contribution in [-0.2, 0) is 14.8 Å². The number of primary sulfonamides is 1. The molecule has 0 bridgehead atoms. The van der Waals surface area contributed by atoms with Gasteiger partial charge in [0.05, 0.1) is 5.02 Å². The summed E-state index contributed by atoms with van der Waals surface area (Å²) in [5.41, 5.74) is 0. The van der Waals surface area contributed by atoms with Gasteiger partial charge in [-0.3, -0.25) is 0 Å². The summed E-state index contributed by atoms with van der Waals surface area (Å²) >= 11 is 5.61. The van der Waals surface area contributed by atoms with Gasteiger partial charge in [0.2, 0.25) is 10.0 Å². The fourth-order valence-electron chi connectivity index (χ4n) is 1.07. The zero-order chi connectivity index (χ0) is 11.7. The van der Waals surface area contributed by atoms with Gasteiger partial charge in [-0.15, -0.1) is 0 Å². The van der Waals surface area contributed by atoms with Crippen LogP contribution in [0.15, 0.2) is 12.4 Å². The summed E-state index contributed by atoms with van der Waals surface area (Å²) in [5, 5.41) is 5.51. The van der Waals surface area contributed by atoms with E-state index in [2.05, 4.69) is 9.97 Å². The Morgan fingerprint density at radius 2 is 1.93 bits per heavy atom. The lowest BCUT2D eigenvalue weighted by molar-refractivity contribution is 0.514. The number of rotatable bonds is 3. The van der Waals surface area contributed by atoms with Gasteiger partial charge in [-0.1, -0.05) is 18.5 Å². The van der Waals surface area contributed by atoms with Crippen LogP contribution in [0.2, 0.25) is 5.02 Å². The van der Waals surface area contributed by atoms with Crippen molar-refractivity contribution in [3.8, 4) is 0 Å². The van der Waals surface area contributed by atoms with Gasteiger partial charge in [0.1, 0.15) is 4.75 Å². The lowest BCUT2D eigenvalue weighted by atomic mass is 10.1. The number of hydrogen-bond acceptors (Lipinski definition) is 4. The van der Waals surface area contributed by atoms with Crippen LogP contribution >= 0.6 is 11.6 Å². The Labute approximate surface area is 93.7 Å². The van der Waals surface area contributed by atoms with E-state index in [9.17, 15) is 8.42 Å². The van der Waals surface area contributed by atoms with E-state index >= 15 is 0 Å². The zero-order valence-electron chi connectivity index (χ0n) is 8.44. The minimum atomic E-state index is -3.75. The molecule has 1 aromatic rings. The Morgan fingerprint density at radius 1 is 1.47 bits per heavy atom. The second-order valence-corrected chi connectivity index (χ2v) is 5.78. The number of aromatic nitrogens is 2. The summed E-state index contributed by atoms with van der Waals surface area (Å²) in [7, 11) is -3.75. The minimum absolute atomic E-state index is 0.164. The molecule has 0 radical (unpaired) electrons. The predicted molar refractivity (Wildman–Crippen MR) is 57.8 cm³/mol. The van der Waals surface area contributed by atoms with Gasteiger partial charge >= 0.3 is 0 Å². The first kappa shape index (κ1) is 12.4. The minimum Gasteiger partial charge on any atom is -0.238 e. The SMILES string of the molecule is CC[C@](C)(c1ncc(Cl)cn1)S(N)(=O)=O. The molecule has 1 aromatic heterocycles. The molecule has 0 saturated heterocycles. The molecule has 2 N–H and O–H groups in total. The van der Waals surface area contributed by atoms with Gasteiger partial charge in [-0.25, -0.2) is 23.5 Å². The number of sulfonamides is 1. The molecule has 1 atom stereocenters. The lowest BCUT2D eigenvalue weighted by Crippen LogP contribution is -2.39. The first-order valence-electron chi connectivity index (χ1n) is 4.31. The van der Waals surface area contributed by atoms with Crippen LogP contribution in [0.25, 0.3) is 0 Å². The van der Waals surface area contributed by atoms with Crippen molar-refractivity contribution in [3.05, 3.63) is 23.2 Å². The van der Waals surface area contributed by atoms with Crippen molar-refractivity contribution in [1.82, 2.24) is 9.97 Å². The van der Waals surface area contributed by atoms with Gasteiger partial charge in [-0.05, 0) is 13.3 Å². The average Bonchev–Trinajstić information content (AvgIpc) is 2.16. The van der Waals surface area contributed by atoms with Crippen LogP contribution in [0, 0.1) is 0 Å². The molecule has 0 aromatic carbocycles. The molecule has 15 heavy (non-hydrogen) atoms. The van der Waals surface area contributed by atoms with E-state index in [1.807, 2.05) is 0 Å². The molecule has 0 saturated carbocycles. The van der Waals surface area contributed by atoms with Crippen molar-refractivity contribution in [2.45, 2.75) is 25.0 Å². The van der Waals surface area contributed by atoms with Gasteiger partial charge in [0.25, 0.3) is 0 Å². The third-order valence-electron chi connectivity index (χ3n) is 2.40. The average molecular weight is 250 g/mol. The van der Waals surface area contributed by atoms with E-state index in [1.165, 1.54) is 19.3 Å². The van der Waals surface area contributed by atoms with E-state index in [0.717, 1.165) is 0 Å². The maximum absolute atomic E-state index is 11.4. The highest BCUT2D eigenvalue weighted by molar-refractivity contribution is 7.90. The van der Waals surface area contributed by atoms with Crippen LogP contribution < -0.4 is 5.14 Å². The molecule has 0 fully saturated rings. The smallest absolute Gasteiger partial charge is 0.221 e. The summed E-state index contributed by atoms with van der Waals surface area (Å²) < 4.78 is 21.6. The molecular weight excluding hydrogens is 238 g/mol. The molecular formula is C8H12ClN3O2S. The summed E-state index contributed by atoms with van der Waals surface area (Å²) in [6, 6.07) is 0. The summed E-state index contributed by atoms with van der Waals surface area (Å²) in [5.74, 6) is 0.164. The molecule has 1 rings (SSSR count). The van der Waals surface area contributed by atoms with Crippen molar-refractivity contribution in [2.75, 3.05) is 0 Å². The molecule has 0 unspecified atom stereocenters. The van der Waals surface area contributed by atoms with Gasteiger partial charge in [0, 0.05) is 12.4 Å². The van der Waals surface area contributed by atoms with Crippen LogP contribution in [0.4, 0.5) is 0 Å². The Morgan fingerprint density at radius 3 is 2.27 bits per heavy atom. The number of nitrogens with zero attached hydrogens (tertiary/aromatic N) is 2. The first-order chi connectivity index (χ1) is 6.81. The van der Waals surface area contributed by atoms with E-state index in [0.29, 0.717) is 11.4 Å². The van der Waals surface area contributed by atoms with E-state index < -0.39 is 14.8 Å². The highest BCUT2D eigenvalue weighted by Crippen LogP contribution is 2.28. The quantitative estimate of drug-likeness (QED) is 0.867. The summed E-state index contributed by atoms with van der Waals surface area (Å²) in [6.45, 7) is 3.20. The second kappa shape index (κ2) is 4.03. The normalized spacial score (nSPS) is 16.0.